The Morgan fingerprint density at radius 3 is 2.10 bits per heavy atom. The summed E-state index contributed by atoms with van der Waals surface area (Å²) >= 11 is 1.11. The summed E-state index contributed by atoms with van der Waals surface area (Å²) in [7, 11) is -2.28. The van der Waals surface area contributed by atoms with Gasteiger partial charge in [0.25, 0.3) is 0 Å². The highest BCUT2D eigenvalue weighted by Gasteiger charge is 2.27. The first-order valence-corrected chi connectivity index (χ1v) is 15.0. The molecular formula is C30H26N2O6S2. The molecule has 0 N–H and O–H groups in total. The quantitative estimate of drug-likeness (QED) is 0.221. The number of methoxy groups -OCH3 is 1. The smallest absolute Gasteiger partial charge is 0.343 e. The first-order valence-electron chi connectivity index (χ1n) is 12.5. The summed E-state index contributed by atoms with van der Waals surface area (Å²) in [4.78, 5) is 31.4. The van der Waals surface area contributed by atoms with Gasteiger partial charge >= 0.3 is 5.97 Å². The van der Waals surface area contributed by atoms with Crippen LogP contribution in [0.5, 0.6) is 5.75 Å². The highest BCUT2D eigenvalue weighted by molar-refractivity contribution is 7.90. The molecule has 40 heavy (non-hydrogen) atoms. The third-order valence-corrected chi connectivity index (χ3v) is 9.25. The van der Waals surface area contributed by atoms with Gasteiger partial charge in [0.15, 0.2) is 9.84 Å². The molecule has 0 aliphatic rings. The minimum atomic E-state index is -3.78. The van der Waals surface area contributed by atoms with Gasteiger partial charge in [0.2, 0.25) is 5.43 Å². The summed E-state index contributed by atoms with van der Waals surface area (Å²) in [5.41, 5.74) is 1.07. The van der Waals surface area contributed by atoms with Crippen LogP contribution in [0.2, 0.25) is 0 Å². The monoisotopic (exact) mass is 574 g/mol. The summed E-state index contributed by atoms with van der Waals surface area (Å²) in [6.45, 7) is 1.76. The normalized spacial score (nSPS) is 11.6. The lowest BCUT2D eigenvalue weighted by Gasteiger charge is -2.23. The van der Waals surface area contributed by atoms with Crippen LogP contribution in [0, 0.1) is 0 Å². The Morgan fingerprint density at radius 2 is 1.55 bits per heavy atom. The van der Waals surface area contributed by atoms with Crippen molar-refractivity contribution in [3.05, 3.63) is 123 Å². The van der Waals surface area contributed by atoms with Crippen LogP contribution in [0.15, 0.2) is 101 Å². The zero-order chi connectivity index (χ0) is 28.3. The lowest BCUT2D eigenvalue weighted by molar-refractivity contribution is 0.0524. The van der Waals surface area contributed by atoms with E-state index in [1.165, 1.54) is 25.4 Å². The molecule has 5 rings (SSSR count). The van der Waals surface area contributed by atoms with Crippen molar-refractivity contribution in [3.8, 4) is 5.75 Å². The second-order valence-electron chi connectivity index (χ2n) is 8.92. The van der Waals surface area contributed by atoms with Crippen LogP contribution < -0.4 is 10.2 Å². The maximum absolute atomic E-state index is 13.5. The van der Waals surface area contributed by atoms with Gasteiger partial charge in [-0.25, -0.2) is 18.2 Å². The number of esters is 1. The summed E-state index contributed by atoms with van der Waals surface area (Å²) in [5, 5.41) is 0.234. The van der Waals surface area contributed by atoms with Crippen LogP contribution >= 0.6 is 11.3 Å². The van der Waals surface area contributed by atoms with Crippen molar-refractivity contribution in [1.82, 2.24) is 9.55 Å². The molecule has 0 radical (unpaired) electrons. The predicted molar refractivity (Wildman–Crippen MR) is 154 cm³/mol. The first kappa shape index (κ1) is 27.3. The fraction of sp³-hybridized carbons (Fsp3) is 0.167. The van der Waals surface area contributed by atoms with Gasteiger partial charge in [0, 0.05) is 6.20 Å². The molecule has 8 nitrogen and oxygen atoms in total. The molecule has 204 valence electrons. The van der Waals surface area contributed by atoms with Gasteiger partial charge in [-0.05, 0) is 42.3 Å². The molecule has 2 aromatic heterocycles. The summed E-state index contributed by atoms with van der Waals surface area (Å²) in [6.07, 6.45) is 1.49. The number of rotatable bonds is 9. The molecule has 0 aliphatic carbocycles. The Hall–Kier alpha value is -4.28. The van der Waals surface area contributed by atoms with Gasteiger partial charge < -0.3 is 14.0 Å². The molecule has 0 saturated heterocycles. The zero-order valence-electron chi connectivity index (χ0n) is 21.8. The minimum absolute atomic E-state index is 0.0207. The number of fused-ring (bicyclic) bond motifs is 1. The Bertz CT molecular complexity index is 1770. The Morgan fingerprint density at radius 1 is 0.950 bits per heavy atom. The number of hydrogen-bond acceptors (Lipinski definition) is 8. The van der Waals surface area contributed by atoms with Crippen molar-refractivity contribution < 1.29 is 22.7 Å². The maximum atomic E-state index is 13.5. The van der Waals surface area contributed by atoms with E-state index in [4.69, 9.17) is 9.47 Å². The maximum Gasteiger partial charge on any atom is 0.343 e. The number of thiazole rings is 1. The molecule has 5 aromatic rings. The summed E-state index contributed by atoms with van der Waals surface area (Å²) in [5.74, 6) is -0.632. The fourth-order valence-electron chi connectivity index (χ4n) is 4.48. The van der Waals surface area contributed by atoms with Crippen molar-refractivity contribution in [3.63, 3.8) is 0 Å². The van der Waals surface area contributed by atoms with E-state index in [9.17, 15) is 18.0 Å². The number of carbonyl (C=O) groups excluding carboxylic acids is 1. The van der Waals surface area contributed by atoms with E-state index in [0.29, 0.717) is 10.6 Å². The Kier molecular flexibility index (Phi) is 7.81. The van der Waals surface area contributed by atoms with E-state index in [1.807, 2.05) is 65.2 Å². The highest BCUT2D eigenvalue weighted by Crippen LogP contribution is 2.33. The molecule has 0 fully saturated rings. The molecule has 0 amide bonds. The Labute approximate surface area is 235 Å². The van der Waals surface area contributed by atoms with Gasteiger partial charge in [-0.2, -0.15) is 0 Å². The van der Waals surface area contributed by atoms with E-state index in [-0.39, 0.29) is 27.6 Å². The van der Waals surface area contributed by atoms with Gasteiger partial charge in [0.1, 0.15) is 32.4 Å². The molecule has 0 spiro atoms. The number of nitrogens with zero attached hydrogens (tertiary/aromatic N) is 2. The number of carbonyl (C=O) groups is 1. The van der Waals surface area contributed by atoms with E-state index < -0.39 is 33.0 Å². The van der Waals surface area contributed by atoms with Gasteiger partial charge in [-0.15, -0.1) is 0 Å². The van der Waals surface area contributed by atoms with Crippen molar-refractivity contribution in [2.24, 2.45) is 0 Å². The molecule has 0 atom stereocenters. The molecule has 0 aliphatic heterocycles. The number of sulfone groups is 1. The van der Waals surface area contributed by atoms with Gasteiger partial charge in [-0.3, -0.25) is 4.79 Å². The van der Waals surface area contributed by atoms with Crippen LogP contribution in [0.25, 0.3) is 10.3 Å². The number of pyridine rings is 1. The molecule has 3 aromatic carbocycles. The van der Waals surface area contributed by atoms with Crippen LogP contribution in [0.3, 0.4) is 0 Å². The number of ether oxygens (including phenoxy) is 2. The predicted octanol–water partition coefficient (Wildman–Crippen LogP) is 5.25. The number of aromatic nitrogens is 2. The number of benzene rings is 3. The summed E-state index contributed by atoms with van der Waals surface area (Å²) < 4.78 is 38.6. The standard InChI is InChI=1S/C30H26N2O6S2/c1-3-38-30(34)24-18-32(27(20-10-6-4-7-11-20)21-12-8-5-9-13-21)29-26(28(24)33)31-25(39-29)19-40(35,36)23-16-14-22(37-2)15-17-23/h4-18,27H,3,19H2,1-2H3. The average molecular weight is 575 g/mol. The largest absolute Gasteiger partial charge is 0.497 e. The molecule has 2 heterocycles. The van der Waals surface area contributed by atoms with Crippen molar-refractivity contribution >= 4 is 37.5 Å². The van der Waals surface area contributed by atoms with Crippen LogP contribution in [-0.2, 0) is 20.3 Å². The average Bonchev–Trinajstić information content (AvgIpc) is 3.39. The van der Waals surface area contributed by atoms with Gasteiger partial charge in [0.05, 0.1) is 24.7 Å². The van der Waals surface area contributed by atoms with E-state index in [0.717, 1.165) is 22.5 Å². The molecule has 0 unspecified atom stereocenters. The third-order valence-electron chi connectivity index (χ3n) is 6.35. The second kappa shape index (κ2) is 11.4. The van der Waals surface area contributed by atoms with Crippen molar-refractivity contribution in [2.75, 3.05) is 13.7 Å². The highest BCUT2D eigenvalue weighted by atomic mass is 32.2. The minimum Gasteiger partial charge on any atom is -0.497 e. The lowest BCUT2D eigenvalue weighted by Crippen LogP contribution is -2.23. The first-order chi connectivity index (χ1) is 19.3. The zero-order valence-corrected chi connectivity index (χ0v) is 23.4. The summed E-state index contributed by atoms with van der Waals surface area (Å²) in [6, 6.07) is 25.0. The van der Waals surface area contributed by atoms with Crippen LogP contribution in [0.1, 0.15) is 39.5 Å². The number of hydrogen-bond donors (Lipinski definition) is 0. The Balaban J connectivity index is 1.71. The molecule has 0 saturated carbocycles. The lowest BCUT2D eigenvalue weighted by atomic mass is 9.98. The third kappa shape index (κ3) is 5.41. The van der Waals surface area contributed by atoms with Gasteiger partial charge in [-0.1, -0.05) is 72.0 Å². The van der Waals surface area contributed by atoms with Crippen molar-refractivity contribution in [1.29, 1.82) is 0 Å². The van der Waals surface area contributed by atoms with E-state index in [1.54, 1.807) is 19.1 Å². The van der Waals surface area contributed by atoms with Crippen LogP contribution in [0.4, 0.5) is 0 Å². The van der Waals surface area contributed by atoms with E-state index in [2.05, 4.69) is 4.98 Å². The molecular weight excluding hydrogens is 548 g/mol. The van der Waals surface area contributed by atoms with E-state index >= 15 is 0 Å². The van der Waals surface area contributed by atoms with Crippen molar-refractivity contribution in [2.45, 2.75) is 23.6 Å². The van der Waals surface area contributed by atoms with Crippen LogP contribution in [-0.4, -0.2) is 37.7 Å². The second-order valence-corrected chi connectivity index (χ2v) is 12.0. The molecule has 10 heteroatoms. The topological polar surface area (TPSA) is 105 Å². The fourth-order valence-corrected chi connectivity index (χ4v) is 7.15. The SMILES string of the molecule is CCOC(=O)c1cn(C(c2ccccc2)c2ccccc2)c2sc(CS(=O)(=O)c3ccc(OC)cc3)nc2c1=O. The molecule has 0 bridgehead atoms.